The number of aromatic amines is 1. The molecule has 7 nitrogen and oxygen atoms in total. The SMILES string of the molecule is CN=C(NCCc1c[nH]c2cc(F)ccc12)NCCN1CCCS1(=O)=O. The van der Waals surface area contributed by atoms with Gasteiger partial charge in [-0.15, -0.1) is 0 Å². The van der Waals surface area contributed by atoms with Crippen molar-refractivity contribution in [2.45, 2.75) is 12.8 Å². The summed E-state index contributed by atoms with van der Waals surface area (Å²) in [5.41, 5.74) is 1.89. The Kier molecular flexibility index (Phi) is 5.77. The van der Waals surface area contributed by atoms with Crippen molar-refractivity contribution >= 4 is 26.9 Å². The molecule has 0 bridgehead atoms. The first-order valence-corrected chi connectivity index (χ1v) is 10.3. The number of H-pyrrole nitrogens is 1. The minimum atomic E-state index is -3.06. The van der Waals surface area contributed by atoms with Crippen molar-refractivity contribution in [1.29, 1.82) is 0 Å². The van der Waals surface area contributed by atoms with E-state index in [0.29, 0.717) is 38.6 Å². The van der Waals surface area contributed by atoms with Crippen LogP contribution < -0.4 is 10.6 Å². The molecule has 0 saturated carbocycles. The Balaban J connectivity index is 1.45. The van der Waals surface area contributed by atoms with Gasteiger partial charge in [-0.3, -0.25) is 4.99 Å². The van der Waals surface area contributed by atoms with Gasteiger partial charge in [-0.05, 0) is 36.6 Å². The van der Waals surface area contributed by atoms with Gasteiger partial charge in [-0.2, -0.15) is 0 Å². The van der Waals surface area contributed by atoms with Crippen LogP contribution in [0.2, 0.25) is 0 Å². The lowest BCUT2D eigenvalue weighted by Crippen LogP contribution is -2.42. The highest BCUT2D eigenvalue weighted by Crippen LogP contribution is 2.19. The molecule has 1 aromatic heterocycles. The third-order valence-electron chi connectivity index (χ3n) is 4.50. The van der Waals surface area contributed by atoms with Crippen LogP contribution in [0.4, 0.5) is 4.39 Å². The first-order chi connectivity index (χ1) is 12.5. The van der Waals surface area contributed by atoms with Crippen LogP contribution in [-0.4, -0.2) is 62.6 Å². The number of fused-ring (bicyclic) bond motifs is 1. The molecule has 1 aromatic carbocycles. The Hall–Kier alpha value is -2.13. The minimum absolute atomic E-state index is 0.245. The van der Waals surface area contributed by atoms with Crippen molar-refractivity contribution < 1.29 is 12.8 Å². The number of benzene rings is 1. The number of sulfonamides is 1. The van der Waals surface area contributed by atoms with Gasteiger partial charge in [-0.1, -0.05) is 0 Å². The maximum absolute atomic E-state index is 13.2. The van der Waals surface area contributed by atoms with E-state index in [0.717, 1.165) is 22.9 Å². The molecule has 26 heavy (non-hydrogen) atoms. The molecule has 1 fully saturated rings. The molecule has 9 heteroatoms. The Morgan fingerprint density at radius 2 is 2.15 bits per heavy atom. The highest BCUT2D eigenvalue weighted by molar-refractivity contribution is 7.89. The minimum Gasteiger partial charge on any atom is -0.361 e. The third-order valence-corrected chi connectivity index (χ3v) is 6.45. The fraction of sp³-hybridized carbons (Fsp3) is 0.471. The van der Waals surface area contributed by atoms with Crippen LogP contribution in [0.5, 0.6) is 0 Å². The van der Waals surface area contributed by atoms with Crippen LogP contribution in [0, 0.1) is 5.82 Å². The second-order valence-corrected chi connectivity index (χ2v) is 8.34. The van der Waals surface area contributed by atoms with E-state index in [1.165, 1.54) is 16.4 Å². The van der Waals surface area contributed by atoms with Gasteiger partial charge in [0.2, 0.25) is 10.0 Å². The second kappa shape index (κ2) is 8.05. The lowest BCUT2D eigenvalue weighted by molar-refractivity contribution is 0.445. The standard InChI is InChI=1S/C17H24FN5O2S/c1-19-17(21-7-9-23-8-2-10-26(23,24)25)20-6-5-13-12-22-16-11-14(18)3-4-15(13)16/h3-4,11-12,22H,2,5-10H2,1H3,(H2,19,20,21). The van der Waals surface area contributed by atoms with Crippen LogP contribution in [0.15, 0.2) is 29.4 Å². The molecule has 3 rings (SSSR count). The van der Waals surface area contributed by atoms with Gasteiger partial charge in [0.15, 0.2) is 5.96 Å². The smallest absolute Gasteiger partial charge is 0.214 e. The maximum atomic E-state index is 13.2. The summed E-state index contributed by atoms with van der Waals surface area (Å²) in [5, 5.41) is 7.36. The summed E-state index contributed by atoms with van der Waals surface area (Å²) in [6.45, 7) is 2.20. The predicted octanol–water partition coefficient (Wildman–Crippen LogP) is 1.05. The third kappa shape index (κ3) is 4.34. The van der Waals surface area contributed by atoms with Gasteiger partial charge in [0.05, 0.1) is 5.75 Å². The van der Waals surface area contributed by atoms with Crippen molar-refractivity contribution in [1.82, 2.24) is 19.9 Å². The molecule has 0 atom stereocenters. The van der Waals surface area contributed by atoms with Crippen molar-refractivity contribution in [3.05, 3.63) is 35.8 Å². The van der Waals surface area contributed by atoms with Crippen LogP contribution in [0.3, 0.4) is 0 Å². The lowest BCUT2D eigenvalue weighted by Gasteiger charge is -2.16. The summed E-state index contributed by atoms with van der Waals surface area (Å²) in [4.78, 5) is 7.23. The molecule has 3 N–H and O–H groups in total. The Bertz CT molecular complexity index is 894. The zero-order valence-electron chi connectivity index (χ0n) is 14.8. The molecule has 1 aliphatic rings. The quantitative estimate of drug-likeness (QED) is 0.515. The summed E-state index contributed by atoms with van der Waals surface area (Å²) >= 11 is 0. The van der Waals surface area contributed by atoms with E-state index in [1.54, 1.807) is 13.1 Å². The number of guanidine groups is 1. The van der Waals surface area contributed by atoms with Crippen LogP contribution in [-0.2, 0) is 16.4 Å². The fourth-order valence-corrected chi connectivity index (χ4v) is 4.67. The molecule has 1 aliphatic heterocycles. The van der Waals surface area contributed by atoms with Crippen molar-refractivity contribution in [3.63, 3.8) is 0 Å². The molecule has 0 aliphatic carbocycles. The highest BCUT2D eigenvalue weighted by atomic mass is 32.2. The van der Waals surface area contributed by atoms with Gasteiger partial charge in [-0.25, -0.2) is 17.1 Å². The van der Waals surface area contributed by atoms with E-state index in [9.17, 15) is 12.8 Å². The fourth-order valence-electron chi connectivity index (χ4n) is 3.14. The number of rotatable bonds is 6. The largest absolute Gasteiger partial charge is 0.361 e. The summed E-state index contributed by atoms with van der Waals surface area (Å²) < 4.78 is 38.3. The predicted molar refractivity (Wildman–Crippen MR) is 101 cm³/mol. The molecule has 142 valence electrons. The second-order valence-electron chi connectivity index (χ2n) is 6.25. The normalized spacial score (nSPS) is 17.7. The summed E-state index contributed by atoms with van der Waals surface area (Å²) in [6.07, 6.45) is 3.34. The number of halogens is 1. The van der Waals surface area contributed by atoms with Crippen LogP contribution in [0.1, 0.15) is 12.0 Å². The van der Waals surface area contributed by atoms with E-state index in [4.69, 9.17) is 0 Å². The molecule has 2 aromatic rings. The van der Waals surface area contributed by atoms with Crippen molar-refractivity contribution in [2.24, 2.45) is 4.99 Å². The molecule has 0 unspecified atom stereocenters. The monoisotopic (exact) mass is 381 g/mol. The average molecular weight is 381 g/mol. The molecule has 0 radical (unpaired) electrons. The van der Waals surface area contributed by atoms with Gasteiger partial charge in [0, 0.05) is 50.3 Å². The number of aliphatic imine (C=N–C) groups is 1. The first-order valence-electron chi connectivity index (χ1n) is 8.67. The molecule has 0 spiro atoms. The van der Waals surface area contributed by atoms with E-state index in [-0.39, 0.29) is 11.6 Å². The summed E-state index contributed by atoms with van der Waals surface area (Å²) in [7, 11) is -1.38. The average Bonchev–Trinajstić information content (AvgIpc) is 3.16. The summed E-state index contributed by atoms with van der Waals surface area (Å²) in [6, 6.07) is 4.72. The van der Waals surface area contributed by atoms with E-state index >= 15 is 0 Å². The molecule has 1 saturated heterocycles. The maximum Gasteiger partial charge on any atom is 0.214 e. The zero-order valence-corrected chi connectivity index (χ0v) is 15.6. The Labute approximate surface area is 152 Å². The number of aromatic nitrogens is 1. The van der Waals surface area contributed by atoms with Gasteiger partial charge in [0.25, 0.3) is 0 Å². The highest BCUT2D eigenvalue weighted by Gasteiger charge is 2.27. The molecule has 0 amide bonds. The molecule has 2 heterocycles. The summed E-state index contributed by atoms with van der Waals surface area (Å²) in [5.74, 6) is 0.621. The van der Waals surface area contributed by atoms with Crippen LogP contribution >= 0.6 is 0 Å². The zero-order chi connectivity index (χ0) is 18.6. The topological polar surface area (TPSA) is 89.6 Å². The van der Waals surface area contributed by atoms with E-state index in [1.807, 2.05) is 6.20 Å². The lowest BCUT2D eigenvalue weighted by atomic mass is 10.1. The van der Waals surface area contributed by atoms with E-state index in [2.05, 4.69) is 20.6 Å². The van der Waals surface area contributed by atoms with Crippen LogP contribution in [0.25, 0.3) is 10.9 Å². The van der Waals surface area contributed by atoms with Gasteiger partial charge >= 0.3 is 0 Å². The number of hydrogen-bond donors (Lipinski definition) is 3. The van der Waals surface area contributed by atoms with Crippen molar-refractivity contribution in [2.75, 3.05) is 39.0 Å². The number of nitrogens with zero attached hydrogens (tertiary/aromatic N) is 2. The van der Waals surface area contributed by atoms with Crippen molar-refractivity contribution in [3.8, 4) is 0 Å². The van der Waals surface area contributed by atoms with E-state index < -0.39 is 10.0 Å². The Morgan fingerprint density at radius 3 is 2.88 bits per heavy atom. The number of nitrogens with one attached hydrogen (secondary N) is 3. The Morgan fingerprint density at radius 1 is 1.35 bits per heavy atom. The van der Waals surface area contributed by atoms with Gasteiger partial charge < -0.3 is 15.6 Å². The molecular weight excluding hydrogens is 357 g/mol. The number of hydrogen-bond acceptors (Lipinski definition) is 3. The molecular formula is C17H24FN5O2S. The first kappa shape index (κ1) is 18.7. The van der Waals surface area contributed by atoms with Gasteiger partial charge in [0.1, 0.15) is 5.82 Å².